The molecule has 1 fully saturated rings. The van der Waals surface area contributed by atoms with Crippen molar-refractivity contribution >= 4 is 0 Å². The summed E-state index contributed by atoms with van der Waals surface area (Å²) < 4.78 is 12.0. The molecule has 1 aromatic carbocycles. The molecule has 0 aliphatic carbocycles. The van der Waals surface area contributed by atoms with Crippen LogP contribution in [-0.2, 0) is 5.41 Å². The van der Waals surface area contributed by atoms with Crippen molar-refractivity contribution in [2.75, 3.05) is 39.8 Å². The first-order valence-electron chi connectivity index (χ1n) is 9.86. The van der Waals surface area contributed by atoms with Gasteiger partial charge in [0, 0.05) is 30.4 Å². The number of likely N-dealkylation sites (N-methyl/N-ethyl adjacent to an activating group) is 1. The molecule has 0 unspecified atom stereocenters. The lowest BCUT2D eigenvalue weighted by Gasteiger charge is -2.41. The van der Waals surface area contributed by atoms with Crippen molar-refractivity contribution in [1.29, 1.82) is 0 Å². The third-order valence-electron chi connectivity index (χ3n) is 5.67. The number of nitrogens with zero attached hydrogens (tertiary/aromatic N) is 2. The van der Waals surface area contributed by atoms with Gasteiger partial charge in [-0.25, -0.2) is 0 Å². The normalized spacial score (nSPS) is 21.2. The Morgan fingerprint density at radius 2 is 1.93 bits per heavy atom. The van der Waals surface area contributed by atoms with Crippen LogP contribution < -0.4 is 14.8 Å². The number of nitrogens with one attached hydrogen (secondary N) is 1. The summed E-state index contributed by atoms with van der Waals surface area (Å²) >= 11 is 0. The molecule has 2 aliphatic heterocycles. The summed E-state index contributed by atoms with van der Waals surface area (Å²) in [7, 11) is 2.18. The van der Waals surface area contributed by atoms with Crippen molar-refractivity contribution in [1.82, 2.24) is 15.2 Å². The van der Waals surface area contributed by atoms with Gasteiger partial charge in [-0.2, -0.15) is 0 Å². The van der Waals surface area contributed by atoms with E-state index in [1.54, 1.807) is 0 Å². The minimum absolute atomic E-state index is 0.0506. The van der Waals surface area contributed by atoms with Crippen LogP contribution in [0.25, 0.3) is 0 Å². The fourth-order valence-corrected chi connectivity index (χ4v) is 4.26. The molecule has 5 heteroatoms. The van der Waals surface area contributed by atoms with Crippen LogP contribution >= 0.6 is 0 Å². The van der Waals surface area contributed by atoms with E-state index in [2.05, 4.69) is 36.3 Å². The molecule has 1 saturated heterocycles. The van der Waals surface area contributed by atoms with Crippen LogP contribution in [0.15, 0.2) is 42.6 Å². The standard InChI is InChI=1S/C22H29N3O2/c1-17-7-8-21(24-13-17)22(9-11-23-12-10-22)16-25(2)14-18-15-26-19-5-3-4-6-20(19)27-18/h3-8,13,18,23H,9-12,14-16H2,1-2H3/t18-/m0/s1. The Kier molecular flexibility index (Phi) is 5.32. The summed E-state index contributed by atoms with van der Waals surface area (Å²) in [5.74, 6) is 1.69. The predicted octanol–water partition coefficient (Wildman–Crippen LogP) is 2.78. The summed E-state index contributed by atoms with van der Waals surface area (Å²) in [6.07, 6.45) is 4.26. The molecule has 144 valence electrons. The number of piperidine rings is 1. The number of para-hydroxylation sites is 2. The molecule has 0 amide bonds. The van der Waals surface area contributed by atoms with Crippen molar-refractivity contribution in [2.45, 2.75) is 31.3 Å². The molecule has 27 heavy (non-hydrogen) atoms. The summed E-state index contributed by atoms with van der Waals surface area (Å²) in [6.45, 7) is 6.59. The van der Waals surface area contributed by atoms with E-state index in [4.69, 9.17) is 14.5 Å². The number of rotatable bonds is 5. The number of ether oxygens (including phenoxy) is 2. The predicted molar refractivity (Wildman–Crippen MR) is 107 cm³/mol. The van der Waals surface area contributed by atoms with E-state index in [1.807, 2.05) is 30.5 Å². The minimum atomic E-state index is 0.0506. The molecule has 3 heterocycles. The number of aromatic nitrogens is 1. The van der Waals surface area contributed by atoms with Gasteiger partial charge in [-0.3, -0.25) is 4.98 Å². The van der Waals surface area contributed by atoms with Crippen molar-refractivity contribution in [3.8, 4) is 11.5 Å². The zero-order valence-corrected chi connectivity index (χ0v) is 16.3. The monoisotopic (exact) mass is 367 g/mol. The van der Waals surface area contributed by atoms with Crippen LogP contribution in [0.5, 0.6) is 11.5 Å². The molecule has 0 spiro atoms. The van der Waals surface area contributed by atoms with Crippen LogP contribution in [0, 0.1) is 6.92 Å². The zero-order chi connectivity index (χ0) is 18.7. The molecule has 1 N–H and O–H groups in total. The van der Waals surface area contributed by atoms with Crippen LogP contribution in [0.3, 0.4) is 0 Å². The van der Waals surface area contributed by atoms with Gasteiger partial charge in [-0.1, -0.05) is 18.2 Å². The second-order valence-corrected chi connectivity index (χ2v) is 7.95. The van der Waals surface area contributed by atoms with Gasteiger partial charge in [-0.05, 0) is 63.7 Å². The maximum Gasteiger partial charge on any atom is 0.161 e. The second-order valence-electron chi connectivity index (χ2n) is 7.95. The Morgan fingerprint density at radius 3 is 2.67 bits per heavy atom. The van der Waals surface area contributed by atoms with Gasteiger partial charge in [0.1, 0.15) is 12.7 Å². The van der Waals surface area contributed by atoms with Gasteiger partial charge in [-0.15, -0.1) is 0 Å². The highest BCUT2D eigenvalue weighted by Crippen LogP contribution is 2.34. The van der Waals surface area contributed by atoms with Gasteiger partial charge >= 0.3 is 0 Å². The third-order valence-corrected chi connectivity index (χ3v) is 5.67. The van der Waals surface area contributed by atoms with Gasteiger partial charge < -0.3 is 19.7 Å². The van der Waals surface area contributed by atoms with Gasteiger partial charge in [0.25, 0.3) is 0 Å². The lowest BCUT2D eigenvalue weighted by molar-refractivity contribution is 0.0566. The minimum Gasteiger partial charge on any atom is -0.486 e. The first kappa shape index (κ1) is 18.3. The van der Waals surface area contributed by atoms with E-state index in [9.17, 15) is 0 Å². The quantitative estimate of drug-likeness (QED) is 0.881. The Balaban J connectivity index is 1.44. The smallest absolute Gasteiger partial charge is 0.161 e. The lowest BCUT2D eigenvalue weighted by atomic mass is 9.75. The molecule has 2 aliphatic rings. The summed E-state index contributed by atoms with van der Waals surface area (Å²) in [5, 5.41) is 3.50. The first-order chi connectivity index (χ1) is 13.1. The topological polar surface area (TPSA) is 46.6 Å². The summed E-state index contributed by atoms with van der Waals surface area (Å²) in [5.41, 5.74) is 2.52. The van der Waals surface area contributed by atoms with Gasteiger partial charge in [0.15, 0.2) is 11.5 Å². The molecular weight excluding hydrogens is 338 g/mol. The summed E-state index contributed by atoms with van der Waals surface area (Å²) in [6, 6.07) is 12.3. The van der Waals surface area contributed by atoms with E-state index in [0.717, 1.165) is 50.5 Å². The SMILES string of the molecule is Cc1ccc(C2(CN(C)C[C@H]3COc4ccccc4O3)CCNCC2)nc1. The van der Waals surface area contributed by atoms with Crippen LogP contribution in [0.2, 0.25) is 0 Å². The van der Waals surface area contributed by atoms with Crippen molar-refractivity contribution in [3.63, 3.8) is 0 Å². The average molecular weight is 367 g/mol. The highest BCUT2D eigenvalue weighted by Gasteiger charge is 2.37. The van der Waals surface area contributed by atoms with E-state index < -0.39 is 0 Å². The third kappa shape index (κ3) is 4.09. The van der Waals surface area contributed by atoms with Crippen LogP contribution in [0.1, 0.15) is 24.1 Å². The van der Waals surface area contributed by atoms with E-state index in [1.165, 1.54) is 11.3 Å². The number of benzene rings is 1. The number of hydrogen-bond acceptors (Lipinski definition) is 5. The molecule has 1 atom stereocenters. The highest BCUT2D eigenvalue weighted by molar-refractivity contribution is 5.40. The highest BCUT2D eigenvalue weighted by atomic mass is 16.6. The van der Waals surface area contributed by atoms with E-state index >= 15 is 0 Å². The average Bonchev–Trinajstić information content (AvgIpc) is 2.69. The molecule has 2 aromatic rings. The fourth-order valence-electron chi connectivity index (χ4n) is 4.26. The van der Waals surface area contributed by atoms with Crippen molar-refractivity contribution in [3.05, 3.63) is 53.9 Å². The lowest BCUT2D eigenvalue weighted by Crippen LogP contribution is -2.49. The molecule has 5 nitrogen and oxygen atoms in total. The molecule has 0 saturated carbocycles. The van der Waals surface area contributed by atoms with Crippen molar-refractivity contribution < 1.29 is 9.47 Å². The fraction of sp³-hybridized carbons (Fsp3) is 0.500. The maximum absolute atomic E-state index is 6.15. The number of aryl methyl sites for hydroxylation is 1. The first-order valence-corrected chi connectivity index (χ1v) is 9.86. The molecular formula is C22H29N3O2. The Bertz CT molecular complexity index is 756. The van der Waals surface area contributed by atoms with Crippen molar-refractivity contribution in [2.24, 2.45) is 0 Å². The Morgan fingerprint density at radius 1 is 1.15 bits per heavy atom. The number of fused-ring (bicyclic) bond motifs is 1. The van der Waals surface area contributed by atoms with E-state index in [0.29, 0.717) is 6.61 Å². The molecule has 1 aromatic heterocycles. The Hall–Kier alpha value is -2.11. The zero-order valence-electron chi connectivity index (χ0n) is 16.3. The van der Waals surface area contributed by atoms with E-state index in [-0.39, 0.29) is 11.5 Å². The molecule has 0 radical (unpaired) electrons. The van der Waals surface area contributed by atoms with Crippen LogP contribution in [0.4, 0.5) is 0 Å². The van der Waals surface area contributed by atoms with Gasteiger partial charge in [0.2, 0.25) is 0 Å². The maximum atomic E-state index is 6.15. The Labute approximate surface area is 161 Å². The largest absolute Gasteiger partial charge is 0.486 e. The molecule has 4 rings (SSSR count). The number of pyridine rings is 1. The van der Waals surface area contributed by atoms with Crippen LogP contribution in [-0.4, -0.2) is 55.8 Å². The molecule has 0 bridgehead atoms. The summed E-state index contributed by atoms with van der Waals surface area (Å²) in [4.78, 5) is 7.18. The number of hydrogen-bond donors (Lipinski definition) is 1. The second kappa shape index (κ2) is 7.87. The van der Waals surface area contributed by atoms with Gasteiger partial charge in [0.05, 0.1) is 0 Å².